The van der Waals surface area contributed by atoms with E-state index in [0.29, 0.717) is 18.5 Å². The fraction of sp³-hybridized carbons (Fsp3) is 0.111. The fourth-order valence-electron chi connectivity index (χ4n) is 4.00. The smallest absolute Gasteiger partial charge is 0.251 e. The molecule has 1 aromatic heterocycles. The third kappa shape index (κ3) is 4.30. The molecular formula is C27H22BrN3O. The SMILES string of the molecule is O=C(NCCc1nc2ccccc2n1Cc1ccc2ccccc2c1)c1ccc(Br)cc1. The van der Waals surface area contributed by atoms with Gasteiger partial charge in [0.25, 0.3) is 5.91 Å². The minimum absolute atomic E-state index is 0.0744. The van der Waals surface area contributed by atoms with Crippen LogP contribution in [-0.4, -0.2) is 22.0 Å². The molecule has 5 rings (SSSR count). The highest BCUT2D eigenvalue weighted by Gasteiger charge is 2.12. The van der Waals surface area contributed by atoms with Crippen molar-refractivity contribution in [3.05, 3.63) is 112 Å². The topological polar surface area (TPSA) is 46.9 Å². The van der Waals surface area contributed by atoms with Gasteiger partial charge in [-0.25, -0.2) is 4.98 Å². The number of benzene rings is 4. The van der Waals surface area contributed by atoms with Crippen LogP contribution in [0.2, 0.25) is 0 Å². The van der Waals surface area contributed by atoms with Crippen molar-refractivity contribution in [2.75, 3.05) is 6.54 Å². The van der Waals surface area contributed by atoms with Crippen molar-refractivity contribution in [3.63, 3.8) is 0 Å². The van der Waals surface area contributed by atoms with E-state index < -0.39 is 0 Å². The molecule has 1 amide bonds. The first kappa shape index (κ1) is 20.5. The number of imidazole rings is 1. The molecule has 5 aromatic rings. The average molecular weight is 484 g/mol. The van der Waals surface area contributed by atoms with Crippen LogP contribution < -0.4 is 5.32 Å². The van der Waals surface area contributed by atoms with Gasteiger partial charge in [-0.15, -0.1) is 0 Å². The zero-order valence-corrected chi connectivity index (χ0v) is 19.0. The number of aromatic nitrogens is 2. The average Bonchev–Trinajstić information content (AvgIpc) is 3.16. The van der Waals surface area contributed by atoms with Crippen molar-refractivity contribution in [2.24, 2.45) is 0 Å². The Morgan fingerprint density at radius 1 is 0.875 bits per heavy atom. The lowest BCUT2D eigenvalue weighted by Gasteiger charge is -2.11. The molecule has 4 aromatic carbocycles. The lowest BCUT2D eigenvalue weighted by atomic mass is 10.1. The molecule has 5 heteroatoms. The van der Waals surface area contributed by atoms with E-state index in [4.69, 9.17) is 4.98 Å². The number of halogens is 1. The lowest BCUT2D eigenvalue weighted by Crippen LogP contribution is -2.26. The van der Waals surface area contributed by atoms with Crippen molar-refractivity contribution < 1.29 is 4.79 Å². The maximum atomic E-state index is 12.5. The highest BCUT2D eigenvalue weighted by Crippen LogP contribution is 2.21. The van der Waals surface area contributed by atoms with Crippen LogP contribution in [0.1, 0.15) is 21.7 Å². The number of nitrogens with zero attached hydrogens (tertiary/aromatic N) is 2. The Morgan fingerprint density at radius 2 is 1.62 bits per heavy atom. The molecule has 0 aliphatic heterocycles. The summed E-state index contributed by atoms with van der Waals surface area (Å²) in [4.78, 5) is 17.3. The van der Waals surface area contributed by atoms with E-state index in [-0.39, 0.29) is 5.91 Å². The first-order valence-corrected chi connectivity index (χ1v) is 11.4. The molecular weight excluding hydrogens is 462 g/mol. The molecule has 0 radical (unpaired) electrons. The minimum Gasteiger partial charge on any atom is -0.352 e. The monoisotopic (exact) mass is 483 g/mol. The molecule has 0 atom stereocenters. The largest absolute Gasteiger partial charge is 0.352 e. The highest BCUT2D eigenvalue weighted by atomic mass is 79.9. The molecule has 0 aliphatic rings. The highest BCUT2D eigenvalue weighted by molar-refractivity contribution is 9.10. The summed E-state index contributed by atoms with van der Waals surface area (Å²) < 4.78 is 3.21. The molecule has 0 unspecified atom stereocenters. The number of fused-ring (bicyclic) bond motifs is 2. The molecule has 4 nitrogen and oxygen atoms in total. The predicted molar refractivity (Wildman–Crippen MR) is 133 cm³/mol. The minimum atomic E-state index is -0.0744. The Morgan fingerprint density at radius 3 is 2.47 bits per heavy atom. The van der Waals surface area contributed by atoms with E-state index in [0.717, 1.165) is 27.9 Å². The van der Waals surface area contributed by atoms with Crippen LogP contribution in [-0.2, 0) is 13.0 Å². The quantitative estimate of drug-likeness (QED) is 0.323. The third-order valence-corrected chi connectivity index (χ3v) is 6.16. The van der Waals surface area contributed by atoms with Crippen LogP contribution in [0.4, 0.5) is 0 Å². The van der Waals surface area contributed by atoms with Crippen molar-refractivity contribution >= 4 is 43.6 Å². The molecule has 0 fully saturated rings. The number of carbonyl (C=O) groups is 1. The van der Waals surface area contributed by atoms with E-state index in [9.17, 15) is 4.79 Å². The predicted octanol–water partition coefficient (Wildman–Crippen LogP) is 5.97. The maximum Gasteiger partial charge on any atom is 0.251 e. The van der Waals surface area contributed by atoms with Gasteiger partial charge < -0.3 is 9.88 Å². The summed E-state index contributed by atoms with van der Waals surface area (Å²) in [6.45, 7) is 1.26. The van der Waals surface area contributed by atoms with Gasteiger partial charge in [-0.1, -0.05) is 64.5 Å². The van der Waals surface area contributed by atoms with Crippen molar-refractivity contribution in [1.82, 2.24) is 14.9 Å². The van der Waals surface area contributed by atoms with Crippen LogP contribution >= 0.6 is 15.9 Å². The summed E-state index contributed by atoms with van der Waals surface area (Å²) >= 11 is 3.40. The first-order chi connectivity index (χ1) is 15.7. The third-order valence-electron chi connectivity index (χ3n) is 5.63. The summed E-state index contributed by atoms with van der Waals surface area (Å²) in [5, 5.41) is 5.49. The van der Waals surface area contributed by atoms with Crippen LogP contribution in [0, 0.1) is 0 Å². The van der Waals surface area contributed by atoms with Gasteiger partial charge in [0.1, 0.15) is 5.82 Å². The number of rotatable bonds is 6. The van der Waals surface area contributed by atoms with Crippen LogP contribution in [0.25, 0.3) is 21.8 Å². The summed E-state index contributed by atoms with van der Waals surface area (Å²) in [5.74, 6) is 0.894. The summed E-state index contributed by atoms with van der Waals surface area (Å²) in [7, 11) is 0. The molecule has 1 N–H and O–H groups in total. The second-order valence-electron chi connectivity index (χ2n) is 7.80. The Kier molecular flexibility index (Phi) is 5.73. The van der Waals surface area contributed by atoms with Crippen molar-refractivity contribution in [2.45, 2.75) is 13.0 Å². The van der Waals surface area contributed by atoms with E-state index in [1.165, 1.54) is 16.3 Å². The van der Waals surface area contributed by atoms with Gasteiger partial charge in [0.05, 0.1) is 11.0 Å². The molecule has 1 heterocycles. The molecule has 32 heavy (non-hydrogen) atoms. The standard InChI is InChI=1S/C27H22BrN3O/c28-23-13-11-21(12-14-23)27(32)29-16-15-26-30-24-7-3-4-8-25(24)31(26)18-19-9-10-20-5-1-2-6-22(20)17-19/h1-14,17H,15-16,18H2,(H,29,32). The van der Waals surface area contributed by atoms with E-state index in [1.54, 1.807) is 0 Å². The zero-order chi connectivity index (χ0) is 21.9. The molecule has 0 saturated heterocycles. The number of hydrogen-bond acceptors (Lipinski definition) is 2. The number of nitrogens with one attached hydrogen (secondary N) is 1. The Bertz CT molecular complexity index is 1410. The second kappa shape index (κ2) is 8.97. The van der Waals surface area contributed by atoms with Crippen molar-refractivity contribution in [3.8, 4) is 0 Å². The fourth-order valence-corrected chi connectivity index (χ4v) is 4.27. The lowest BCUT2D eigenvalue weighted by molar-refractivity contribution is 0.0954. The van der Waals surface area contributed by atoms with Gasteiger partial charge >= 0.3 is 0 Å². The van der Waals surface area contributed by atoms with Crippen LogP contribution in [0.5, 0.6) is 0 Å². The Balaban J connectivity index is 1.37. The summed E-state index contributed by atoms with van der Waals surface area (Å²) in [6, 6.07) is 30.6. The number of hydrogen-bond donors (Lipinski definition) is 1. The van der Waals surface area contributed by atoms with Gasteiger partial charge in [0.15, 0.2) is 0 Å². The second-order valence-corrected chi connectivity index (χ2v) is 8.71. The maximum absolute atomic E-state index is 12.5. The van der Waals surface area contributed by atoms with Gasteiger partial charge in [0.2, 0.25) is 0 Å². The zero-order valence-electron chi connectivity index (χ0n) is 17.5. The number of carbonyl (C=O) groups excluding carboxylic acids is 1. The molecule has 158 valence electrons. The Hall–Kier alpha value is -3.44. The van der Waals surface area contributed by atoms with E-state index in [2.05, 4.69) is 74.3 Å². The van der Waals surface area contributed by atoms with Gasteiger partial charge in [-0.05, 0) is 58.8 Å². The van der Waals surface area contributed by atoms with Gasteiger partial charge in [0, 0.05) is 29.5 Å². The van der Waals surface area contributed by atoms with E-state index in [1.807, 2.05) is 42.5 Å². The van der Waals surface area contributed by atoms with Crippen LogP contribution in [0.15, 0.2) is 95.5 Å². The van der Waals surface area contributed by atoms with Gasteiger partial charge in [-0.3, -0.25) is 4.79 Å². The normalized spacial score (nSPS) is 11.2. The molecule has 0 aliphatic carbocycles. The summed E-state index contributed by atoms with van der Waals surface area (Å²) in [5.41, 5.74) is 3.96. The van der Waals surface area contributed by atoms with E-state index >= 15 is 0 Å². The molecule has 0 saturated carbocycles. The molecule has 0 bridgehead atoms. The first-order valence-electron chi connectivity index (χ1n) is 10.6. The van der Waals surface area contributed by atoms with Crippen molar-refractivity contribution in [1.29, 1.82) is 0 Å². The summed E-state index contributed by atoms with van der Waals surface area (Å²) in [6.07, 6.45) is 0.657. The number of para-hydroxylation sites is 2. The van der Waals surface area contributed by atoms with Crippen LogP contribution in [0.3, 0.4) is 0 Å². The van der Waals surface area contributed by atoms with Gasteiger partial charge in [-0.2, -0.15) is 0 Å². The number of amides is 1. The Labute approximate surface area is 195 Å². The molecule has 0 spiro atoms.